The summed E-state index contributed by atoms with van der Waals surface area (Å²) >= 11 is 6.93. The molecule has 4 nitrogen and oxygen atoms in total. The lowest BCUT2D eigenvalue weighted by atomic mass is 9.89. The normalized spacial score (nSPS) is 13.2. The van der Waals surface area contributed by atoms with Crippen LogP contribution in [0.15, 0.2) is 0 Å². The first-order chi connectivity index (χ1) is 7.81. The number of hydrogen-bond acceptors (Lipinski definition) is 5. The Morgan fingerprint density at radius 2 is 2.24 bits per heavy atom. The van der Waals surface area contributed by atoms with Crippen LogP contribution in [0.4, 0.5) is 5.13 Å². The number of thiazole rings is 1. The predicted molar refractivity (Wildman–Crippen MR) is 70.4 cm³/mol. The summed E-state index contributed by atoms with van der Waals surface area (Å²) in [7, 11) is 0. The Bertz CT molecular complexity index is 419. The molecule has 0 fully saturated rings. The van der Waals surface area contributed by atoms with Gasteiger partial charge in [0.15, 0.2) is 10.3 Å². The third-order valence-corrected chi connectivity index (χ3v) is 3.33. The minimum absolute atomic E-state index is 0.0828. The number of nitriles is 1. The smallest absolute Gasteiger partial charge is 0.185 e. The summed E-state index contributed by atoms with van der Waals surface area (Å²) in [5.41, 5.74) is 0.0828. The monoisotopic (exact) mass is 273 g/mol. The summed E-state index contributed by atoms with van der Waals surface area (Å²) < 4.78 is 0. The molecule has 0 radical (unpaired) electrons. The predicted octanol–water partition coefficient (Wildman–Crippen LogP) is 2.88. The van der Waals surface area contributed by atoms with Crippen molar-refractivity contribution in [2.24, 2.45) is 5.41 Å². The van der Waals surface area contributed by atoms with Gasteiger partial charge < -0.3 is 10.4 Å². The Morgan fingerprint density at radius 1 is 1.59 bits per heavy atom. The summed E-state index contributed by atoms with van der Waals surface area (Å²) in [5.74, 6) is 0. The molecule has 1 aromatic heterocycles. The van der Waals surface area contributed by atoms with Gasteiger partial charge in [0.25, 0.3) is 0 Å². The highest BCUT2D eigenvalue weighted by Gasteiger charge is 2.17. The van der Waals surface area contributed by atoms with Gasteiger partial charge in [-0.1, -0.05) is 43.7 Å². The molecule has 0 aromatic carbocycles. The highest BCUT2D eigenvalue weighted by atomic mass is 35.5. The van der Waals surface area contributed by atoms with Gasteiger partial charge in [-0.15, -0.1) is 0 Å². The van der Waals surface area contributed by atoms with E-state index in [1.165, 1.54) is 11.3 Å². The van der Waals surface area contributed by atoms with E-state index in [1.807, 2.05) is 6.07 Å². The summed E-state index contributed by atoms with van der Waals surface area (Å²) in [6.45, 7) is 6.63. The lowest BCUT2D eigenvalue weighted by molar-refractivity contribution is 0.132. The minimum Gasteiger partial charge on any atom is -0.391 e. The number of hydrogen-bond donors (Lipinski definition) is 2. The molecule has 1 aromatic rings. The third kappa shape index (κ3) is 4.90. The number of rotatable bonds is 4. The van der Waals surface area contributed by atoms with E-state index >= 15 is 0 Å². The topological polar surface area (TPSA) is 68.9 Å². The Labute approximate surface area is 110 Å². The van der Waals surface area contributed by atoms with Gasteiger partial charge >= 0.3 is 0 Å². The van der Waals surface area contributed by atoms with Gasteiger partial charge in [-0.25, -0.2) is 4.98 Å². The molecule has 0 saturated carbocycles. The molecule has 0 saturated heterocycles. The largest absolute Gasteiger partial charge is 0.391 e. The lowest BCUT2D eigenvalue weighted by Crippen LogP contribution is -2.25. The average Bonchev–Trinajstić information content (AvgIpc) is 2.53. The molecule has 6 heteroatoms. The van der Waals surface area contributed by atoms with Gasteiger partial charge in [0.1, 0.15) is 10.9 Å². The molecular weight excluding hydrogens is 258 g/mol. The molecule has 0 bridgehead atoms. The Kier molecular flexibility index (Phi) is 4.75. The van der Waals surface area contributed by atoms with Crippen molar-refractivity contribution < 1.29 is 5.11 Å². The maximum atomic E-state index is 9.80. The van der Waals surface area contributed by atoms with E-state index in [2.05, 4.69) is 31.1 Å². The van der Waals surface area contributed by atoms with E-state index in [0.29, 0.717) is 23.0 Å². The van der Waals surface area contributed by atoms with Crippen LogP contribution in [0, 0.1) is 16.7 Å². The van der Waals surface area contributed by atoms with Crippen LogP contribution in [-0.4, -0.2) is 22.7 Å². The minimum atomic E-state index is -0.441. The van der Waals surface area contributed by atoms with Crippen molar-refractivity contribution in [3.63, 3.8) is 0 Å². The molecule has 0 aliphatic heterocycles. The number of nitrogens with zero attached hydrogens (tertiary/aromatic N) is 2. The van der Waals surface area contributed by atoms with Crippen molar-refractivity contribution in [1.29, 1.82) is 5.26 Å². The number of anilines is 1. The van der Waals surface area contributed by atoms with E-state index in [-0.39, 0.29) is 10.6 Å². The molecule has 0 amide bonds. The second-order valence-corrected chi connectivity index (χ2v) is 6.41. The van der Waals surface area contributed by atoms with E-state index in [1.54, 1.807) is 0 Å². The Balaban J connectivity index is 2.48. The van der Waals surface area contributed by atoms with E-state index in [4.69, 9.17) is 16.9 Å². The van der Waals surface area contributed by atoms with Crippen LogP contribution >= 0.6 is 22.9 Å². The second-order valence-electron chi connectivity index (χ2n) is 5.05. The van der Waals surface area contributed by atoms with Crippen LogP contribution in [0.3, 0.4) is 0 Å². The van der Waals surface area contributed by atoms with E-state index < -0.39 is 6.10 Å². The molecule has 0 aliphatic carbocycles. The molecule has 2 N–H and O–H groups in total. The van der Waals surface area contributed by atoms with Crippen molar-refractivity contribution in [3.05, 3.63) is 10.0 Å². The summed E-state index contributed by atoms with van der Waals surface area (Å²) in [4.78, 5) is 4.38. The number of aliphatic hydroxyl groups excluding tert-OH is 1. The first-order valence-electron chi connectivity index (χ1n) is 5.30. The van der Waals surface area contributed by atoms with Crippen LogP contribution < -0.4 is 5.32 Å². The second kappa shape index (κ2) is 5.67. The van der Waals surface area contributed by atoms with Crippen molar-refractivity contribution in [1.82, 2.24) is 4.98 Å². The van der Waals surface area contributed by atoms with Crippen molar-refractivity contribution in [3.8, 4) is 6.07 Å². The summed E-state index contributed by atoms with van der Waals surface area (Å²) in [6.07, 6.45) is 0.257. The van der Waals surface area contributed by atoms with Gasteiger partial charge in [0.2, 0.25) is 0 Å². The molecule has 0 aliphatic rings. The molecule has 1 unspecified atom stereocenters. The van der Waals surface area contributed by atoms with Gasteiger partial charge in [-0.3, -0.25) is 0 Å². The average molecular weight is 274 g/mol. The van der Waals surface area contributed by atoms with Crippen LogP contribution in [-0.2, 0) is 0 Å². The first-order valence-corrected chi connectivity index (χ1v) is 6.49. The van der Waals surface area contributed by atoms with Gasteiger partial charge in [-0.05, 0) is 11.8 Å². The number of halogens is 1. The standard InChI is InChI=1S/C11H16ClN3OS/c1-11(2,3)4-7(16)6-14-10-15-9(12)8(5-13)17-10/h7,16H,4,6H2,1-3H3,(H,14,15). The first kappa shape index (κ1) is 14.2. The highest BCUT2D eigenvalue weighted by Crippen LogP contribution is 2.26. The van der Waals surface area contributed by atoms with E-state index in [0.717, 1.165) is 0 Å². The SMILES string of the molecule is CC(C)(C)CC(O)CNc1nc(Cl)c(C#N)s1. The quantitative estimate of drug-likeness (QED) is 0.885. The third-order valence-electron chi connectivity index (χ3n) is 2.02. The molecule has 1 rings (SSSR count). The van der Waals surface area contributed by atoms with Crippen LogP contribution in [0.25, 0.3) is 0 Å². The number of aromatic nitrogens is 1. The van der Waals surface area contributed by atoms with Crippen molar-refractivity contribution in [2.45, 2.75) is 33.3 Å². The molecule has 1 atom stereocenters. The molecule has 94 valence electrons. The van der Waals surface area contributed by atoms with Crippen LogP contribution in [0.5, 0.6) is 0 Å². The Morgan fingerprint density at radius 3 is 2.71 bits per heavy atom. The van der Waals surface area contributed by atoms with Gasteiger partial charge in [-0.2, -0.15) is 5.26 Å². The molecule has 17 heavy (non-hydrogen) atoms. The number of nitrogens with one attached hydrogen (secondary N) is 1. The van der Waals surface area contributed by atoms with Crippen molar-refractivity contribution in [2.75, 3.05) is 11.9 Å². The summed E-state index contributed by atoms with van der Waals surface area (Å²) in [6, 6.07) is 1.96. The maximum Gasteiger partial charge on any atom is 0.185 e. The lowest BCUT2D eigenvalue weighted by Gasteiger charge is -2.22. The van der Waals surface area contributed by atoms with Crippen molar-refractivity contribution >= 4 is 28.1 Å². The fourth-order valence-corrected chi connectivity index (χ4v) is 2.38. The van der Waals surface area contributed by atoms with E-state index in [9.17, 15) is 5.11 Å². The fourth-order valence-electron chi connectivity index (χ4n) is 1.43. The maximum absolute atomic E-state index is 9.80. The van der Waals surface area contributed by atoms with Crippen LogP contribution in [0.1, 0.15) is 32.1 Å². The number of aliphatic hydroxyl groups is 1. The molecule has 1 heterocycles. The molecular formula is C11H16ClN3OS. The van der Waals surface area contributed by atoms with Gasteiger partial charge in [0.05, 0.1) is 6.10 Å². The zero-order chi connectivity index (χ0) is 13.1. The van der Waals surface area contributed by atoms with Crippen LogP contribution in [0.2, 0.25) is 5.15 Å². The van der Waals surface area contributed by atoms with Gasteiger partial charge in [0, 0.05) is 6.54 Å². The zero-order valence-corrected chi connectivity index (χ0v) is 11.7. The highest BCUT2D eigenvalue weighted by molar-refractivity contribution is 7.16. The summed E-state index contributed by atoms with van der Waals surface area (Å²) in [5, 5.41) is 22.3. The Hall–Kier alpha value is -0.830. The molecule has 0 spiro atoms. The zero-order valence-electron chi connectivity index (χ0n) is 10.1. The fraction of sp³-hybridized carbons (Fsp3) is 0.636.